The van der Waals surface area contributed by atoms with Crippen LogP contribution in [0.4, 0.5) is 0 Å². The van der Waals surface area contributed by atoms with Gasteiger partial charge in [0.05, 0.1) is 11.4 Å². The number of pyridine rings is 1. The lowest BCUT2D eigenvalue weighted by Gasteiger charge is -2.39. The third-order valence-corrected chi connectivity index (χ3v) is 5.29. The standard InChI is InChI=1S/C20H24N4O/c1-12(2)24-20(16-10-23(11-16)14(4)25)8-19(22-24)15-7-17-13(3)5-6-18(17)21-9-15/h5,7-9,12,16H,6,10-11H2,1-4H3. The summed E-state index contributed by atoms with van der Waals surface area (Å²) in [6, 6.07) is 4.68. The van der Waals surface area contributed by atoms with Crippen molar-refractivity contribution in [3.05, 3.63) is 41.4 Å². The maximum absolute atomic E-state index is 11.5. The molecule has 25 heavy (non-hydrogen) atoms. The van der Waals surface area contributed by atoms with E-state index in [1.165, 1.54) is 16.8 Å². The molecule has 1 aliphatic heterocycles. The average Bonchev–Trinajstić information content (AvgIpc) is 3.10. The molecule has 4 rings (SSSR count). The molecule has 5 heteroatoms. The Bertz CT molecular complexity index is 872. The van der Waals surface area contributed by atoms with E-state index in [0.29, 0.717) is 12.0 Å². The molecule has 5 nitrogen and oxygen atoms in total. The van der Waals surface area contributed by atoms with E-state index in [9.17, 15) is 4.79 Å². The molecular formula is C20H24N4O. The van der Waals surface area contributed by atoms with E-state index in [1.54, 1.807) is 6.92 Å². The van der Waals surface area contributed by atoms with Crippen LogP contribution in [0.25, 0.3) is 16.8 Å². The quantitative estimate of drug-likeness (QED) is 0.863. The smallest absolute Gasteiger partial charge is 0.219 e. The van der Waals surface area contributed by atoms with Gasteiger partial charge in [0.25, 0.3) is 0 Å². The van der Waals surface area contributed by atoms with Gasteiger partial charge in [0.2, 0.25) is 5.91 Å². The minimum Gasteiger partial charge on any atom is -0.341 e. The fourth-order valence-electron chi connectivity index (χ4n) is 3.69. The first-order valence-corrected chi connectivity index (χ1v) is 8.95. The van der Waals surface area contributed by atoms with Crippen LogP contribution in [0, 0.1) is 0 Å². The SMILES string of the molecule is CC(=O)N1CC(c2cc(-c3cnc4c(c3)C(C)=CC4)nn2C(C)C)C1. The predicted molar refractivity (Wildman–Crippen MR) is 98.2 cm³/mol. The number of fused-ring (bicyclic) bond motifs is 1. The highest BCUT2D eigenvalue weighted by molar-refractivity contribution is 5.75. The van der Waals surface area contributed by atoms with Crippen LogP contribution in [-0.2, 0) is 11.2 Å². The zero-order valence-corrected chi connectivity index (χ0v) is 15.3. The van der Waals surface area contributed by atoms with Crippen molar-refractivity contribution in [2.75, 3.05) is 13.1 Å². The van der Waals surface area contributed by atoms with Crippen molar-refractivity contribution in [1.29, 1.82) is 0 Å². The molecule has 1 saturated heterocycles. The third kappa shape index (κ3) is 2.68. The molecule has 3 heterocycles. The maximum Gasteiger partial charge on any atom is 0.219 e. The van der Waals surface area contributed by atoms with Crippen LogP contribution in [0.1, 0.15) is 56.6 Å². The Morgan fingerprint density at radius 2 is 2.04 bits per heavy atom. The number of amides is 1. The van der Waals surface area contributed by atoms with Gasteiger partial charge in [0.1, 0.15) is 0 Å². The number of nitrogens with zero attached hydrogens (tertiary/aromatic N) is 4. The first kappa shape index (κ1) is 16.1. The van der Waals surface area contributed by atoms with Crippen molar-refractivity contribution >= 4 is 11.5 Å². The Morgan fingerprint density at radius 3 is 2.72 bits per heavy atom. The summed E-state index contributed by atoms with van der Waals surface area (Å²) < 4.78 is 2.10. The molecule has 1 amide bonds. The number of carbonyl (C=O) groups is 1. The molecule has 0 bridgehead atoms. The van der Waals surface area contributed by atoms with Crippen molar-refractivity contribution in [3.8, 4) is 11.3 Å². The number of carbonyl (C=O) groups excluding carboxylic acids is 1. The molecule has 0 atom stereocenters. The molecule has 2 aromatic rings. The fraction of sp³-hybridized carbons (Fsp3) is 0.450. The highest BCUT2D eigenvalue weighted by atomic mass is 16.2. The summed E-state index contributed by atoms with van der Waals surface area (Å²) in [7, 11) is 0. The van der Waals surface area contributed by atoms with Gasteiger partial charge in [0.15, 0.2) is 0 Å². The number of hydrogen-bond donors (Lipinski definition) is 0. The molecule has 2 aromatic heterocycles. The van der Waals surface area contributed by atoms with E-state index in [2.05, 4.69) is 48.6 Å². The summed E-state index contributed by atoms with van der Waals surface area (Å²) in [5, 5.41) is 4.86. The maximum atomic E-state index is 11.5. The molecule has 1 fully saturated rings. The summed E-state index contributed by atoms with van der Waals surface area (Å²) >= 11 is 0. The summed E-state index contributed by atoms with van der Waals surface area (Å²) in [6.45, 7) is 9.65. The van der Waals surface area contributed by atoms with Crippen molar-refractivity contribution in [3.63, 3.8) is 0 Å². The van der Waals surface area contributed by atoms with Gasteiger partial charge in [-0.15, -0.1) is 0 Å². The van der Waals surface area contributed by atoms with Gasteiger partial charge < -0.3 is 4.90 Å². The monoisotopic (exact) mass is 336 g/mol. The molecule has 0 spiro atoms. The van der Waals surface area contributed by atoms with Gasteiger partial charge in [-0.25, -0.2) is 0 Å². The van der Waals surface area contributed by atoms with Crippen LogP contribution in [0.2, 0.25) is 0 Å². The molecule has 1 aliphatic carbocycles. The Balaban J connectivity index is 1.68. The lowest BCUT2D eigenvalue weighted by molar-refractivity contribution is -0.133. The second-order valence-corrected chi connectivity index (χ2v) is 7.42. The molecule has 0 N–H and O–H groups in total. The topological polar surface area (TPSA) is 51.0 Å². The Morgan fingerprint density at radius 1 is 1.28 bits per heavy atom. The molecule has 2 aliphatic rings. The Hall–Kier alpha value is -2.43. The number of allylic oxidation sites excluding steroid dienone is 2. The van der Waals surface area contributed by atoms with Gasteiger partial charge in [-0.1, -0.05) is 6.08 Å². The Kier molecular flexibility index (Phi) is 3.74. The van der Waals surface area contributed by atoms with E-state index in [1.807, 2.05) is 11.1 Å². The van der Waals surface area contributed by atoms with Crippen LogP contribution in [0.3, 0.4) is 0 Å². The van der Waals surface area contributed by atoms with E-state index >= 15 is 0 Å². The second-order valence-electron chi connectivity index (χ2n) is 7.42. The van der Waals surface area contributed by atoms with Crippen molar-refractivity contribution in [2.24, 2.45) is 0 Å². The first-order valence-electron chi connectivity index (χ1n) is 8.95. The summed E-state index contributed by atoms with van der Waals surface area (Å²) in [4.78, 5) is 18.0. The number of hydrogen-bond acceptors (Lipinski definition) is 3. The van der Waals surface area contributed by atoms with Gasteiger partial charge in [0, 0.05) is 55.8 Å². The predicted octanol–water partition coefficient (Wildman–Crippen LogP) is 3.43. The zero-order chi connectivity index (χ0) is 17.7. The number of aromatic nitrogens is 3. The molecule has 0 aromatic carbocycles. The Labute approximate surface area is 148 Å². The molecule has 0 saturated carbocycles. The van der Waals surface area contributed by atoms with Gasteiger partial charge >= 0.3 is 0 Å². The van der Waals surface area contributed by atoms with E-state index < -0.39 is 0 Å². The van der Waals surface area contributed by atoms with E-state index in [-0.39, 0.29) is 5.91 Å². The minimum atomic E-state index is 0.150. The average molecular weight is 336 g/mol. The van der Waals surface area contributed by atoms with E-state index in [0.717, 1.165) is 36.5 Å². The number of likely N-dealkylation sites (tertiary alicyclic amines) is 1. The van der Waals surface area contributed by atoms with Crippen molar-refractivity contribution in [1.82, 2.24) is 19.7 Å². The highest BCUT2D eigenvalue weighted by Gasteiger charge is 2.33. The van der Waals surface area contributed by atoms with Crippen LogP contribution in [-0.4, -0.2) is 38.7 Å². The largest absolute Gasteiger partial charge is 0.341 e. The summed E-state index contributed by atoms with van der Waals surface area (Å²) in [5.41, 5.74) is 6.95. The van der Waals surface area contributed by atoms with Gasteiger partial charge in [-0.2, -0.15) is 5.10 Å². The van der Waals surface area contributed by atoms with Crippen LogP contribution in [0.5, 0.6) is 0 Å². The van der Waals surface area contributed by atoms with Gasteiger partial charge in [-0.05, 0) is 44.0 Å². The first-order chi connectivity index (χ1) is 11.9. The highest BCUT2D eigenvalue weighted by Crippen LogP contribution is 2.34. The molecule has 130 valence electrons. The lowest BCUT2D eigenvalue weighted by atomic mass is 9.95. The zero-order valence-electron chi connectivity index (χ0n) is 15.3. The molecule has 0 radical (unpaired) electrons. The minimum absolute atomic E-state index is 0.150. The van der Waals surface area contributed by atoms with Crippen LogP contribution in [0.15, 0.2) is 24.4 Å². The summed E-state index contributed by atoms with van der Waals surface area (Å²) in [6.07, 6.45) is 5.09. The number of rotatable bonds is 3. The lowest BCUT2D eigenvalue weighted by Crippen LogP contribution is -2.48. The van der Waals surface area contributed by atoms with Gasteiger partial charge in [-0.3, -0.25) is 14.5 Å². The second kappa shape index (κ2) is 5.83. The normalized spacial score (nSPS) is 16.8. The third-order valence-electron chi connectivity index (χ3n) is 5.29. The van der Waals surface area contributed by atoms with Crippen LogP contribution >= 0.6 is 0 Å². The van der Waals surface area contributed by atoms with Crippen LogP contribution < -0.4 is 0 Å². The van der Waals surface area contributed by atoms with Crippen molar-refractivity contribution < 1.29 is 4.79 Å². The summed E-state index contributed by atoms with van der Waals surface area (Å²) in [5.74, 6) is 0.522. The fourth-order valence-corrected chi connectivity index (χ4v) is 3.69. The van der Waals surface area contributed by atoms with Crippen molar-refractivity contribution in [2.45, 2.75) is 46.1 Å². The molecule has 0 unspecified atom stereocenters. The molecular weight excluding hydrogens is 312 g/mol. The van der Waals surface area contributed by atoms with E-state index in [4.69, 9.17) is 5.10 Å².